The fraction of sp³-hybridized carbons (Fsp3) is 0.625. The van der Waals surface area contributed by atoms with Gasteiger partial charge < -0.3 is 10.1 Å². The third kappa shape index (κ3) is 4.22. The first kappa shape index (κ1) is 13.8. The van der Waals surface area contributed by atoms with Crippen LogP contribution in [0.1, 0.15) is 13.8 Å². The number of anilines is 1. The second-order valence-electron chi connectivity index (χ2n) is 3.04. The van der Waals surface area contributed by atoms with Gasteiger partial charge in [-0.25, -0.2) is 0 Å². The van der Waals surface area contributed by atoms with Gasteiger partial charge in [0.15, 0.2) is 6.10 Å². The van der Waals surface area contributed by atoms with Crippen LogP contribution in [-0.4, -0.2) is 33.8 Å². The van der Waals surface area contributed by atoms with Crippen molar-refractivity contribution in [1.82, 2.24) is 15.0 Å². The zero-order valence-corrected chi connectivity index (χ0v) is 9.80. The van der Waals surface area contributed by atoms with Gasteiger partial charge in [0, 0.05) is 6.54 Å². The van der Waals surface area contributed by atoms with Gasteiger partial charge in [-0.3, -0.25) is 0 Å². The van der Waals surface area contributed by atoms with Crippen molar-refractivity contribution >= 4 is 17.5 Å². The second-order valence-corrected chi connectivity index (χ2v) is 3.38. The van der Waals surface area contributed by atoms with Gasteiger partial charge in [0.2, 0.25) is 11.2 Å². The minimum Gasteiger partial charge on any atom is -0.451 e. The predicted octanol–water partition coefficient (Wildman–Crippen LogP) is 2.29. The first-order valence-electron chi connectivity index (χ1n) is 4.71. The molecule has 1 unspecified atom stereocenters. The van der Waals surface area contributed by atoms with Crippen LogP contribution >= 0.6 is 11.6 Å². The van der Waals surface area contributed by atoms with Gasteiger partial charge in [0.1, 0.15) is 0 Å². The van der Waals surface area contributed by atoms with Crippen LogP contribution in [0.3, 0.4) is 0 Å². The summed E-state index contributed by atoms with van der Waals surface area (Å²) in [6.07, 6.45) is -6.51. The van der Waals surface area contributed by atoms with E-state index in [1.807, 2.05) is 0 Å². The molecule has 0 saturated carbocycles. The largest absolute Gasteiger partial charge is 0.451 e. The molecule has 1 aromatic rings. The molecule has 0 spiro atoms. The smallest absolute Gasteiger partial charge is 0.425 e. The Labute approximate surface area is 100 Å². The van der Waals surface area contributed by atoms with Crippen LogP contribution in [0.25, 0.3) is 0 Å². The maximum Gasteiger partial charge on any atom is 0.425 e. The molecular formula is C8H10ClF3N4O. The molecule has 0 aliphatic heterocycles. The molecule has 0 aliphatic rings. The van der Waals surface area contributed by atoms with Gasteiger partial charge in [-0.15, -0.1) is 0 Å². The van der Waals surface area contributed by atoms with E-state index in [4.69, 9.17) is 11.6 Å². The molecule has 0 fully saturated rings. The van der Waals surface area contributed by atoms with Crippen molar-refractivity contribution in [3.8, 4) is 6.01 Å². The SMILES string of the molecule is CCNc1nc(Cl)nc(OC(C)C(F)(F)F)n1. The fourth-order valence-electron chi connectivity index (χ4n) is 0.847. The molecule has 1 atom stereocenters. The minimum absolute atomic E-state index is 0.0666. The Morgan fingerprint density at radius 1 is 1.35 bits per heavy atom. The van der Waals surface area contributed by atoms with E-state index < -0.39 is 18.3 Å². The maximum absolute atomic E-state index is 12.2. The number of hydrogen-bond donors (Lipinski definition) is 1. The molecule has 96 valence electrons. The van der Waals surface area contributed by atoms with Gasteiger partial charge in [0.05, 0.1) is 0 Å². The summed E-state index contributed by atoms with van der Waals surface area (Å²) in [6.45, 7) is 3.12. The monoisotopic (exact) mass is 270 g/mol. The highest BCUT2D eigenvalue weighted by Gasteiger charge is 2.38. The average Bonchev–Trinajstić information content (AvgIpc) is 2.15. The summed E-state index contributed by atoms with van der Waals surface area (Å²) >= 11 is 5.52. The topological polar surface area (TPSA) is 59.9 Å². The van der Waals surface area contributed by atoms with E-state index in [-0.39, 0.29) is 11.2 Å². The van der Waals surface area contributed by atoms with Gasteiger partial charge in [-0.1, -0.05) is 0 Å². The summed E-state index contributed by atoms with van der Waals surface area (Å²) in [4.78, 5) is 10.8. The fourth-order valence-corrected chi connectivity index (χ4v) is 0.999. The Morgan fingerprint density at radius 2 is 2.00 bits per heavy atom. The Kier molecular flexibility index (Phi) is 4.33. The highest BCUT2D eigenvalue weighted by molar-refractivity contribution is 6.28. The third-order valence-corrected chi connectivity index (χ3v) is 1.83. The summed E-state index contributed by atoms with van der Waals surface area (Å²) < 4.78 is 41.3. The standard InChI is InChI=1S/C8H10ClF3N4O/c1-3-13-6-14-5(9)15-7(16-6)17-4(2)8(10,11)12/h4H,3H2,1-2H3,(H,13,14,15,16). The predicted molar refractivity (Wildman–Crippen MR) is 55.1 cm³/mol. The minimum atomic E-state index is -4.49. The summed E-state index contributed by atoms with van der Waals surface area (Å²) in [5.41, 5.74) is 0. The van der Waals surface area contributed by atoms with E-state index in [9.17, 15) is 13.2 Å². The Hall–Kier alpha value is -1.31. The van der Waals surface area contributed by atoms with Crippen molar-refractivity contribution in [1.29, 1.82) is 0 Å². The number of nitrogens with zero attached hydrogens (tertiary/aromatic N) is 3. The van der Waals surface area contributed by atoms with Gasteiger partial charge >= 0.3 is 12.2 Å². The maximum atomic E-state index is 12.2. The van der Waals surface area contributed by atoms with Crippen LogP contribution in [0.4, 0.5) is 19.1 Å². The van der Waals surface area contributed by atoms with Crippen LogP contribution in [-0.2, 0) is 0 Å². The lowest BCUT2D eigenvalue weighted by Gasteiger charge is -2.16. The number of aromatic nitrogens is 3. The lowest BCUT2D eigenvalue weighted by Crippen LogP contribution is -2.31. The average molecular weight is 271 g/mol. The first-order chi connectivity index (χ1) is 7.82. The molecule has 9 heteroatoms. The van der Waals surface area contributed by atoms with Crippen molar-refractivity contribution in [2.75, 3.05) is 11.9 Å². The lowest BCUT2D eigenvalue weighted by molar-refractivity contribution is -0.190. The van der Waals surface area contributed by atoms with Crippen molar-refractivity contribution < 1.29 is 17.9 Å². The summed E-state index contributed by atoms with van der Waals surface area (Å²) in [6, 6.07) is -0.467. The van der Waals surface area contributed by atoms with Crippen LogP contribution in [0.5, 0.6) is 6.01 Å². The Morgan fingerprint density at radius 3 is 2.53 bits per heavy atom. The van der Waals surface area contributed by atoms with Crippen LogP contribution in [0, 0.1) is 0 Å². The molecule has 1 rings (SSSR count). The number of nitrogens with one attached hydrogen (secondary N) is 1. The Balaban J connectivity index is 2.84. The molecule has 1 heterocycles. The first-order valence-corrected chi connectivity index (χ1v) is 5.09. The van der Waals surface area contributed by atoms with E-state index in [0.29, 0.717) is 6.54 Å². The number of hydrogen-bond acceptors (Lipinski definition) is 5. The molecule has 5 nitrogen and oxygen atoms in total. The quantitative estimate of drug-likeness (QED) is 0.909. The molecule has 1 aromatic heterocycles. The highest BCUT2D eigenvalue weighted by atomic mass is 35.5. The molecule has 17 heavy (non-hydrogen) atoms. The van der Waals surface area contributed by atoms with E-state index in [1.54, 1.807) is 6.92 Å². The van der Waals surface area contributed by atoms with Crippen LogP contribution in [0.2, 0.25) is 5.28 Å². The Bertz CT molecular complexity index is 388. The lowest BCUT2D eigenvalue weighted by atomic mass is 10.4. The number of ether oxygens (including phenoxy) is 1. The van der Waals surface area contributed by atoms with Gasteiger partial charge in [0.25, 0.3) is 0 Å². The van der Waals surface area contributed by atoms with E-state index in [0.717, 1.165) is 6.92 Å². The summed E-state index contributed by atoms with van der Waals surface area (Å²) in [7, 11) is 0. The number of alkyl halides is 3. The van der Waals surface area contributed by atoms with Gasteiger partial charge in [-0.05, 0) is 25.4 Å². The van der Waals surface area contributed by atoms with E-state index in [2.05, 4.69) is 25.0 Å². The second kappa shape index (κ2) is 5.35. The molecule has 0 radical (unpaired) electrons. The summed E-state index contributed by atoms with van der Waals surface area (Å²) in [5, 5.41) is 2.46. The van der Waals surface area contributed by atoms with E-state index in [1.165, 1.54) is 0 Å². The van der Waals surface area contributed by atoms with Crippen molar-refractivity contribution in [3.05, 3.63) is 5.28 Å². The highest BCUT2D eigenvalue weighted by Crippen LogP contribution is 2.23. The molecule has 0 aliphatic carbocycles. The molecule has 0 aromatic carbocycles. The normalized spacial score (nSPS) is 13.3. The van der Waals surface area contributed by atoms with Crippen molar-refractivity contribution in [2.45, 2.75) is 26.1 Å². The van der Waals surface area contributed by atoms with Crippen LogP contribution < -0.4 is 10.1 Å². The van der Waals surface area contributed by atoms with Gasteiger partial charge in [-0.2, -0.15) is 28.1 Å². The zero-order chi connectivity index (χ0) is 13.1. The van der Waals surface area contributed by atoms with Crippen LogP contribution in [0.15, 0.2) is 0 Å². The molecule has 1 N–H and O–H groups in total. The third-order valence-electron chi connectivity index (χ3n) is 1.67. The molecule has 0 bridgehead atoms. The zero-order valence-electron chi connectivity index (χ0n) is 9.05. The number of halogens is 4. The molecule has 0 amide bonds. The van der Waals surface area contributed by atoms with Crippen molar-refractivity contribution in [3.63, 3.8) is 0 Å². The molecule has 0 saturated heterocycles. The van der Waals surface area contributed by atoms with Crippen molar-refractivity contribution in [2.24, 2.45) is 0 Å². The number of rotatable bonds is 4. The summed E-state index contributed by atoms with van der Waals surface area (Å²) in [5.74, 6) is 0.0666. The molecular weight excluding hydrogens is 261 g/mol. The van der Waals surface area contributed by atoms with E-state index >= 15 is 0 Å².